The summed E-state index contributed by atoms with van der Waals surface area (Å²) >= 11 is 0. The lowest BCUT2D eigenvalue weighted by Gasteiger charge is -2.32. The van der Waals surface area contributed by atoms with Gasteiger partial charge in [-0.2, -0.15) is 9.41 Å². The smallest absolute Gasteiger partial charge is 0.255 e. The van der Waals surface area contributed by atoms with Gasteiger partial charge in [0.2, 0.25) is 15.8 Å². The van der Waals surface area contributed by atoms with Crippen LogP contribution in [-0.2, 0) is 14.8 Å². The minimum Gasteiger partial charge on any atom is -0.493 e. The topological polar surface area (TPSA) is 125 Å². The van der Waals surface area contributed by atoms with E-state index in [0.717, 1.165) is 19.3 Å². The first-order chi connectivity index (χ1) is 18.3. The minimum atomic E-state index is -4.02. The van der Waals surface area contributed by atoms with Gasteiger partial charge in [-0.3, -0.25) is 4.79 Å². The van der Waals surface area contributed by atoms with Gasteiger partial charge in [0.15, 0.2) is 23.0 Å². The molecule has 2 aromatic carbocycles. The highest BCUT2D eigenvalue weighted by Crippen LogP contribution is 2.39. The summed E-state index contributed by atoms with van der Waals surface area (Å²) < 4.78 is 55.3. The zero-order chi connectivity index (χ0) is 27.7. The summed E-state index contributed by atoms with van der Waals surface area (Å²) in [7, 11) is 3.37. The van der Waals surface area contributed by atoms with Crippen LogP contribution in [0.15, 0.2) is 40.3 Å². The summed E-state index contributed by atoms with van der Waals surface area (Å²) in [5.41, 5.74) is 2.97. The van der Waals surface area contributed by atoms with Crippen LogP contribution >= 0.6 is 0 Å². The third kappa shape index (κ3) is 6.48. The maximum Gasteiger partial charge on any atom is 0.255 e. The van der Waals surface area contributed by atoms with Crippen LogP contribution in [0.1, 0.15) is 37.7 Å². The van der Waals surface area contributed by atoms with Crippen LogP contribution in [0.4, 0.5) is 0 Å². The Morgan fingerprint density at radius 3 is 2.13 bits per heavy atom. The van der Waals surface area contributed by atoms with Crippen molar-refractivity contribution in [1.82, 2.24) is 9.73 Å². The average Bonchev–Trinajstić information content (AvgIpc) is 2.95. The molecular weight excluding hydrogens is 514 g/mol. The minimum absolute atomic E-state index is 0.0205. The van der Waals surface area contributed by atoms with E-state index in [1.54, 1.807) is 12.1 Å². The third-order valence-electron chi connectivity index (χ3n) is 6.37. The number of nitrogens with zero attached hydrogens (tertiary/aromatic N) is 2. The van der Waals surface area contributed by atoms with E-state index < -0.39 is 15.9 Å². The van der Waals surface area contributed by atoms with Crippen molar-refractivity contribution < 1.29 is 36.9 Å². The van der Waals surface area contributed by atoms with Crippen molar-refractivity contribution in [2.45, 2.75) is 43.0 Å². The van der Waals surface area contributed by atoms with E-state index in [9.17, 15) is 13.2 Å². The van der Waals surface area contributed by atoms with E-state index in [1.807, 2.05) is 0 Å². The summed E-state index contributed by atoms with van der Waals surface area (Å²) in [6, 6.07) is 7.47. The van der Waals surface area contributed by atoms with E-state index in [2.05, 4.69) is 10.5 Å². The lowest BCUT2D eigenvalue weighted by atomic mass is 9.95. The molecule has 12 heteroatoms. The van der Waals surface area contributed by atoms with Gasteiger partial charge in [-0.15, -0.1) is 0 Å². The van der Waals surface area contributed by atoms with Crippen molar-refractivity contribution in [1.29, 1.82) is 0 Å². The molecule has 0 saturated heterocycles. The second-order valence-electron chi connectivity index (χ2n) is 8.58. The molecule has 2 aromatic rings. The van der Waals surface area contributed by atoms with Gasteiger partial charge in [0.25, 0.3) is 5.91 Å². The Morgan fingerprint density at radius 1 is 0.895 bits per heavy atom. The molecule has 0 aromatic heterocycles. The lowest BCUT2D eigenvalue weighted by Crippen LogP contribution is -2.46. The number of sulfonamides is 1. The molecule has 38 heavy (non-hydrogen) atoms. The number of hydrazone groups is 1. The van der Waals surface area contributed by atoms with Gasteiger partial charge in [0.05, 0.1) is 53.2 Å². The molecule has 11 nitrogen and oxygen atoms in total. The van der Waals surface area contributed by atoms with Crippen molar-refractivity contribution in [2.24, 2.45) is 5.10 Å². The number of nitrogens with one attached hydrogen (secondary N) is 1. The molecule has 0 radical (unpaired) electrons. The van der Waals surface area contributed by atoms with E-state index >= 15 is 0 Å². The fraction of sp³-hybridized carbons (Fsp3) is 0.462. The van der Waals surface area contributed by atoms with Gasteiger partial charge < -0.3 is 23.7 Å². The molecule has 1 N–H and O–H groups in total. The molecule has 0 spiro atoms. The van der Waals surface area contributed by atoms with Gasteiger partial charge in [-0.25, -0.2) is 13.8 Å². The maximum atomic E-state index is 13.7. The molecule has 0 bridgehead atoms. The fourth-order valence-electron chi connectivity index (χ4n) is 4.47. The first-order valence-electron chi connectivity index (χ1n) is 12.1. The number of amides is 1. The highest BCUT2D eigenvalue weighted by atomic mass is 32.2. The zero-order valence-electron chi connectivity index (χ0n) is 22.4. The summed E-state index contributed by atoms with van der Waals surface area (Å²) in [5.74, 6) is 1.37. The summed E-state index contributed by atoms with van der Waals surface area (Å²) in [6.45, 7) is -0.387. The Hall–Kier alpha value is -3.51. The molecule has 1 saturated carbocycles. The lowest BCUT2D eigenvalue weighted by molar-refractivity contribution is -0.121. The first kappa shape index (κ1) is 29.1. The standard InChI is InChI=1S/C26H35N3O8S/c1-33-21-14-12-20(15-23(21)35-3)38(31,32)29(19-9-7-6-8-10-19)17-24(30)28-27-16-18-11-13-22(34-2)26(37-5)25(18)36-4/h11-16,19H,6-10,17H2,1-5H3,(H,28,30)/b27-16-. The molecule has 3 rings (SSSR count). The molecule has 1 fully saturated rings. The van der Waals surface area contributed by atoms with Crippen LogP contribution in [0.2, 0.25) is 0 Å². The third-order valence-corrected chi connectivity index (χ3v) is 8.26. The van der Waals surface area contributed by atoms with Crippen LogP contribution in [0.25, 0.3) is 0 Å². The summed E-state index contributed by atoms with van der Waals surface area (Å²) in [5, 5.41) is 4.03. The second kappa shape index (κ2) is 13.3. The normalized spacial score (nSPS) is 14.4. The number of hydrogen-bond donors (Lipinski definition) is 1. The number of benzene rings is 2. The molecule has 1 aliphatic rings. The second-order valence-corrected chi connectivity index (χ2v) is 10.5. The molecule has 0 aliphatic heterocycles. The highest BCUT2D eigenvalue weighted by Gasteiger charge is 2.34. The fourth-order valence-corrected chi connectivity index (χ4v) is 6.13. The molecule has 0 unspecified atom stereocenters. The van der Waals surface area contributed by atoms with Crippen LogP contribution in [-0.4, -0.2) is 73.0 Å². The Labute approximate surface area is 223 Å². The number of rotatable bonds is 12. The average molecular weight is 550 g/mol. The molecule has 0 heterocycles. The molecule has 1 amide bonds. The van der Waals surface area contributed by atoms with Crippen LogP contribution in [0.5, 0.6) is 28.7 Å². The van der Waals surface area contributed by atoms with Crippen LogP contribution in [0, 0.1) is 0 Å². The molecule has 208 valence electrons. The van der Waals surface area contributed by atoms with Crippen molar-refractivity contribution in [3.05, 3.63) is 35.9 Å². The quantitative estimate of drug-likeness (QED) is 0.316. The van der Waals surface area contributed by atoms with E-state index in [4.69, 9.17) is 23.7 Å². The van der Waals surface area contributed by atoms with Gasteiger partial charge in [-0.1, -0.05) is 19.3 Å². The molecule has 1 aliphatic carbocycles. The summed E-state index contributed by atoms with van der Waals surface area (Å²) in [6.07, 6.45) is 5.55. The number of methoxy groups -OCH3 is 5. The Kier molecular flexibility index (Phi) is 10.2. The SMILES string of the molecule is COc1ccc(S(=O)(=O)N(CC(=O)N/N=C\c2ccc(OC)c(OC)c2OC)C2CCCCC2)cc1OC. The van der Waals surface area contributed by atoms with Crippen LogP contribution < -0.4 is 29.1 Å². The van der Waals surface area contributed by atoms with Gasteiger partial charge in [0.1, 0.15) is 0 Å². The van der Waals surface area contributed by atoms with Crippen molar-refractivity contribution in [3.8, 4) is 28.7 Å². The van der Waals surface area contributed by atoms with Crippen molar-refractivity contribution >= 4 is 22.1 Å². The van der Waals surface area contributed by atoms with Crippen molar-refractivity contribution in [2.75, 3.05) is 42.1 Å². The Balaban J connectivity index is 1.83. The predicted octanol–water partition coefficient (Wildman–Crippen LogP) is 3.20. The molecule has 0 atom stereocenters. The number of carbonyl (C=O) groups is 1. The van der Waals surface area contributed by atoms with Gasteiger partial charge in [0, 0.05) is 17.7 Å². The number of ether oxygens (including phenoxy) is 5. The van der Waals surface area contributed by atoms with Crippen molar-refractivity contribution in [3.63, 3.8) is 0 Å². The number of hydrogen-bond acceptors (Lipinski definition) is 9. The monoisotopic (exact) mass is 549 g/mol. The largest absolute Gasteiger partial charge is 0.493 e. The molecular formula is C26H35N3O8S. The van der Waals surface area contributed by atoms with Gasteiger partial charge in [-0.05, 0) is 37.1 Å². The van der Waals surface area contributed by atoms with Crippen LogP contribution in [0.3, 0.4) is 0 Å². The van der Waals surface area contributed by atoms with E-state index in [1.165, 1.54) is 64.3 Å². The predicted molar refractivity (Wildman–Crippen MR) is 142 cm³/mol. The maximum absolute atomic E-state index is 13.7. The Bertz CT molecular complexity index is 1240. The van der Waals surface area contributed by atoms with E-state index in [0.29, 0.717) is 41.4 Å². The Morgan fingerprint density at radius 2 is 1.53 bits per heavy atom. The zero-order valence-corrected chi connectivity index (χ0v) is 23.2. The summed E-state index contributed by atoms with van der Waals surface area (Å²) in [4.78, 5) is 12.9. The highest BCUT2D eigenvalue weighted by molar-refractivity contribution is 7.89. The number of carbonyl (C=O) groups excluding carboxylic acids is 1. The first-order valence-corrected chi connectivity index (χ1v) is 13.6. The van der Waals surface area contributed by atoms with E-state index in [-0.39, 0.29) is 23.2 Å². The van der Waals surface area contributed by atoms with Gasteiger partial charge >= 0.3 is 0 Å².